The third-order valence-corrected chi connectivity index (χ3v) is 4.27. The van der Waals surface area contributed by atoms with Crippen LogP contribution in [0.2, 0.25) is 0 Å². The summed E-state index contributed by atoms with van der Waals surface area (Å²) in [6.07, 6.45) is 1.74. The number of rotatable bonds is 2. The maximum Gasteiger partial charge on any atom is 0.270 e. The second kappa shape index (κ2) is 5.48. The molecule has 0 radical (unpaired) electrons. The Balaban J connectivity index is 1.89. The molecule has 5 heteroatoms. The van der Waals surface area contributed by atoms with E-state index in [9.17, 15) is 4.79 Å². The molecule has 1 aliphatic rings. The molecule has 2 aromatic rings. The molecule has 1 atom stereocenters. The van der Waals surface area contributed by atoms with Gasteiger partial charge >= 0.3 is 0 Å². The Bertz CT molecular complexity index is 616. The minimum atomic E-state index is 0.0831. The van der Waals surface area contributed by atoms with Gasteiger partial charge in [-0.05, 0) is 31.2 Å². The van der Waals surface area contributed by atoms with Crippen LogP contribution in [0.15, 0.2) is 24.4 Å². The molecule has 5 nitrogen and oxygen atoms in total. The Morgan fingerprint density at radius 3 is 2.95 bits per heavy atom. The Hall–Kier alpha value is -1.88. The van der Waals surface area contributed by atoms with Crippen LogP contribution in [-0.4, -0.2) is 58.4 Å². The van der Waals surface area contributed by atoms with Gasteiger partial charge in [0.2, 0.25) is 0 Å². The van der Waals surface area contributed by atoms with Crippen LogP contribution in [0, 0.1) is 5.92 Å². The first-order chi connectivity index (χ1) is 10.1. The van der Waals surface area contributed by atoms with Crippen molar-refractivity contribution in [3.63, 3.8) is 0 Å². The minimum Gasteiger partial charge on any atom is -0.335 e. The van der Waals surface area contributed by atoms with E-state index >= 15 is 0 Å². The van der Waals surface area contributed by atoms with Crippen molar-refractivity contribution in [2.24, 2.45) is 5.92 Å². The largest absolute Gasteiger partial charge is 0.335 e. The predicted molar refractivity (Wildman–Crippen MR) is 83.3 cm³/mol. The Morgan fingerprint density at radius 1 is 1.43 bits per heavy atom. The first-order valence-electron chi connectivity index (χ1n) is 7.49. The highest BCUT2D eigenvalue weighted by molar-refractivity contribution is 5.97. The quantitative estimate of drug-likeness (QED) is 0.918. The molecule has 112 valence electrons. The number of likely N-dealkylation sites (N-methyl/N-ethyl adjacent to an activating group) is 1. The Labute approximate surface area is 125 Å². The van der Waals surface area contributed by atoms with Crippen LogP contribution in [0.5, 0.6) is 0 Å². The molecule has 0 aliphatic carbocycles. The zero-order valence-electron chi connectivity index (χ0n) is 12.8. The second-order valence-electron chi connectivity index (χ2n) is 6.20. The van der Waals surface area contributed by atoms with E-state index in [2.05, 4.69) is 35.8 Å². The smallest absolute Gasteiger partial charge is 0.270 e. The fourth-order valence-corrected chi connectivity index (χ4v) is 3.00. The molecule has 1 fully saturated rings. The molecule has 1 aliphatic heterocycles. The summed E-state index contributed by atoms with van der Waals surface area (Å²) in [6, 6.07) is 6.02. The van der Waals surface area contributed by atoms with Crippen LogP contribution in [0.1, 0.15) is 24.3 Å². The highest BCUT2D eigenvalue weighted by atomic mass is 16.2. The lowest BCUT2D eigenvalue weighted by Crippen LogP contribution is -2.56. The van der Waals surface area contributed by atoms with Gasteiger partial charge in [-0.3, -0.25) is 4.79 Å². The van der Waals surface area contributed by atoms with Crippen molar-refractivity contribution >= 4 is 16.9 Å². The number of hydrogen-bond donors (Lipinski definition) is 1. The standard InChI is InChI=1S/C16H22N4O/c1-11(2)14-10-19(3)7-8-20(14)16(21)13-9-12-5-4-6-17-15(12)18-13/h4-6,9,11,14H,7-8,10H2,1-3H3,(H,17,18). The average molecular weight is 286 g/mol. The van der Waals surface area contributed by atoms with Gasteiger partial charge in [0.25, 0.3) is 5.91 Å². The van der Waals surface area contributed by atoms with Crippen molar-refractivity contribution in [2.45, 2.75) is 19.9 Å². The summed E-state index contributed by atoms with van der Waals surface area (Å²) in [4.78, 5) is 24.5. The maximum atomic E-state index is 12.8. The van der Waals surface area contributed by atoms with E-state index in [0.717, 1.165) is 30.7 Å². The van der Waals surface area contributed by atoms with E-state index in [-0.39, 0.29) is 11.9 Å². The fourth-order valence-electron chi connectivity index (χ4n) is 3.00. The van der Waals surface area contributed by atoms with Gasteiger partial charge in [-0.25, -0.2) is 4.98 Å². The number of pyridine rings is 1. The van der Waals surface area contributed by atoms with E-state index in [1.54, 1.807) is 6.20 Å². The molecule has 1 amide bonds. The van der Waals surface area contributed by atoms with Gasteiger partial charge in [-0.2, -0.15) is 0 Å². The number of piperazine rings is 1. The maximum absolute atomic E-state index is 12.8. The third-order valence-electron chi connectivity index (χ3n) is 4.27. The van der Waals surface area contributed by atoms with E-state index in [4.69, 9.17) is 0 Å². The lowest BCUT2D eigenvalue weighted by molar-refractivity contribution is 0.0398. The number of carbonyl (C=O) groups is 1. The van der Waals surface area contributed by atoms with Crippen molar-refractivity contribution < 1.29 is 4.79 Å². The molecule has 0 aromatic carbocycles. The highest BCUT2D eigenvalue weighted by Gasteiger charge is 2.32. The van der Waals surface area contributed by atoms with Crippen LogP contribution in [0.25, 0.3) is 11.0 Å². The number of H-pyrrole nitrogens is 1. The molecular formula is C16H22N4O. The van der Waals surface area contributed by atoms with Crippen molar-refractivity contribution in [3.8, 4) is 0 Å². The normalized spacial score (nSPS) is 20.4. The summed E-state index contributed by atoms with van der Waals surface area (Å²) in [7, 11) is 2.12. The van der Waals surface area contributed by atoms with Crippen LogP contribution >= 0.6 is 0 Å². The second-order valence-corrected chi connectivity index (χ2v) is 6.20. The molecule has 0 saturated carbocycles. The summed E-state index contributed by atoms with van der Waals surface area (Å²) in [5.74, 6) is 0.527. The molecule has 1 saturated heterocycles. The minimum absolute atomic E-state index is 0.0831. The number of nitrogens with one attached hydrogen (secondary N) is 1. The topological polar surface area (TPSA) is 52.2 Å². The Kier molecular flexibility index (Phi) is 3.68. The Morgan fingerprint density at radius 2 is 2.24 bits per heavy atom. The molecule has 3 heterocycles. The van der Waals surface area contributed by atoms with Gasteiger partial charge in [0.15, 0.2) is 0 Å². The monoisotopic (exact) mass is 286 g/mol. The number of carbonyl (C=O) groups excluding carboxylic acids is 1. The van der Waals surface area contributed by atoms with E-state index in [1.165, 1.54) is 0 Å². The highest BCUT2D eigenvalue weighted by Crippen LogP contribution is 2.20. The number of aromatic amines is 1. The predicted octanol–water partition coefficient (Wildman–Crippen LogP) is 1.98. The summed E-state index contributed by atoms with van der Waals surface area (Å²) in [5, 5.41) is 0.982. The van der Waals surface area contributed by atoms with Gasteiger partial charge in [-0.15, -0.1) is 0 Å². The molecule has 0 spiro atoms. The molecule has 1 unspecified atom stereocenters. The summed E-state index contributed by atoms with van der Waals surface area (Å²) in [6.45, 7) is 6.99. The molecule has 2 aromatic heterocycles. The van der Waals surface area contributed by atoms with E-state index in [0.29, 0.717) is 11.6 Å². The summed E-state index contributed by atoms with van der Waals surface area (Å²) >= 11 is 0. The molecule has 21 heavy (non-hydrogen) atoms. The zero-order chi connectivity index (χ0) is 15.0. The molecular weight excluding hydrogens is 264 g/mol. The van der Waals surface area contributed by atoms with Gasteiger partial charge in [0, 0.05) is 37.3 Å². The van der Waals surface area contributed by atoms with Gasteiger partial charge in [0.05, 0.1) is 0 Å². The van der Waals surface area contributed by atoms with Crippen LogP contribution in [-0.2, 0) is 0 Å². The van der Waals surface area contributed by atoms with Crippen LogP contribution in [0.4, 0.5) is 0 Å². The van der Waals surface area contributed by atoms with Crippen molar-refractivity contribution in [1.29, 1.82) is 0 Å². The number of nitrogens with zero attached hydrogens (tertiary/aromatic N) is 3. The van der Waals surface area contributed by atoms with Gasteiger partial charge in [0.1, 0.15) is 11.3 Å². The number of hydrogen-bond acceptors (Lipinski definition) is 3. The SMILES string of the molecule is CC(C)C1CN(C)CCN1C(=O)c1cc2cccnc2[nH]1. The van der Waals surface area contributed by atoms with Crippen molar-refractivity contribution in [1.82, 2.24) is 19.8 Å². The van der Waals surface area contributed by atoms with Gasteiger partial charge < -0.3 is 14.8 Å². The molecule has 1 N–H and O–H groups in total. The van der Waals surface area contributed by atoms with Gasteiger partial charge in [-0.1, -0.05) is 13.8 Å². The van der Waals surface area contributed by atoms with E-state index in [1.807, 2.05) is 23.1 Å². The average Bonchev–Trinajstić information content (AvgIpc) is 2.90. The molecule has 0 bridgehead atoms. The van der Waals surface area contributed by atoms with Crippen LogP contribution < -0.4 is 0 Å². The lowest BCUT2D eigenvalue weighted by atomic mass is 9.99. The summed E-state index contributed by atoms with van der Waals surface area (Å²) in [5.41, 5.74) is 1.41. The first kappa shape index (κ1) is 14.1. The van der Waals surface area contributed by atoms with E-state index < -0.39 is 0 Å². The number of aromatic nitrogens is 2. The third kappa shape index (κ3) is 2.65. The van der Waals surface area contributed by atoms with Crippen LogP contribution in [0.3, 0.4) is 0 Å². The lowest BCUT2D eigenvalue weighted by Gasteiger charge is -2.42. The fraction of sp³-hybridized carbons (Fsp3) is 0.500. The first-order valence-corrected chi connectivity index (χ1v) is 7.49. The zero-order valence-corrected chi connectivity index (χ0v) is 12.8. The van der Waals surface area contributed by atoms with Crippen molar-refractivity contribution in [2.75, 3.05) is 26.7 Å². The summed E-state index contributed by atoms with van der Waals surface area (Å²) < 4.78 is 0. The molecule has 3 rings (SSSR count). The number of fused-ring (bicyclic) bond motifs is 1. The number of amides is 1. The van der Waals surface area contributed by atoms with Crippen molar-refractivity contribution in [3.05, 3.63) is 30.1 Å².